The molecular formula is C18H11ClN2. The predicted octanol–water partition coefficient (Wildman–Crippen LogP) is 5.10. The molecule has 2 nitrogen and oxygen atoms in total. The van der Waals surface area contributed by atoms with Crippen LogP contribution in [0.1, 0.15) is 0 Å². The van der Waals surface area contributed by atoms with Crippen molar-refractivity contribution in [3.63, 3.8) is 0 Å². The van der Waals surface area contributed by atoms with Crippen LogP contribution in [0, 0.1) is 0 Å². The number of hydrogen-bond donors (Lipinski definition) is 0. The first-order valence-corrected chi connectivity index (χ1v) is 7.09. The average molecular weight is 291 g/mol. The van der Waals surface area contributed by atoms with Crippen LogP contribution in [0.25, 0.3) is 32.9 Å². The van der Waals surface area contributed by atoms with E-state index in [4.69, 9.17) is 16.6 Å². The number of benzene rings is 2. The van der Waals surface area contributed by atoms with Crippen LogP contribution in [0.15, 0.2) is 66.9 Å². The molecule has 0 aliphatic rings. The number of fused-ring (bicyclic) bond motifs is 3. The molecule has 0 N–H and O–H groups in total. The molecule has 0 saturated carbocycles. The molecule has 3 heteroatoms. The summed E-state index contributed by atoms with van der Waals surface area (Å²) in [5.74, 6) is 0. The molecular weight excluding hydrogens is 280 g/mol. The van der Waals surface area contributed by atoms with Crippen molar-refractivity contribution in [3.05, 3.63) is 72.0 Å². The van der Waals surface area contributed by atoms with E-state index in [2.05, 4.69) is 35.3 Å². The van der Waals surface area contributed by atoms with Gasteiger partial charge in [-0.15, -0.1) is 0 Å². The Bertz CT molecular complexity index is 949. The van der Waals surface area contributed by atoms with Crippen LogP contribution in [-0.4, -0.2) is 9.97 Å². The van der Waals surface area contributed by atoms with Crippen molar-refractivity contribution in [1.82, 2.24) is 9.97 Å². The Morgan fingerprint density at radius 1 is 0.810 bits per heavy atom. The Labute approximate surface area is 127 Å². The van der Waals surface area contributed by atoms with Crippen molar-refractivity contribution in [2.75, 3.05) is 0 Å². The average Bonchev–Trinajstić information content (AvgIpc) is 2.54. The first-order chi connectivity index (χ1) is 10.3. The molecule has 100 valence electrons. The maximum atomic E-state index is 5.97. The molecule has 2 aromatic carbocycles. The summed E-state index contributed by atoms with van der Waals surface area (Å²) in [6.45, 7) is 0. The van der Waals surface area contributed by atoms with Crippen LogP contribution >= 0.6 is 11.6 Å². The van der Waals surface area contributed by atoms with Gasteiger partial charge in [0.2, 0.25) is 0 Å². The summed E-state index contributed by atoms with van der Waals surface area (Å²) >= 11 is 5.97. The zero-order chi connectivity index (χ0) is 14.2. The van der Waals surface area contributed by atoms with Crippen molar-refractivity contribution in [2.24, 2.45) is 0 Å². The van der Waals surface area contributed by atoms with Crippen molar-refractivity contribution in [2.45, 2.75) is 0 Å². The molecule has 0 aliphatic carbocycles. The fourth-order valence-corrected chi connectivity index (χ4v) is 2.72. The molecule has 0 bridgehead atoms. The Morgan fingerprint density at radius 3 is 2.43 bits per heavy atom. The smallest absolute Gasteiger partial charge is 0.129 e. The zero-order valence-corrected chi connectivity index (χ0v) is 11.9. The summed E-state index contributed by atoms with van der Waals surface area (Å²) in [6, 6.07) is 20.3. The predicted molar refractivity (Wildman–Crippen MR) is 87.5 cm³/mol. The normalized spacial score (nSPS) is 11.1. The molecule has 0 saturated heterocycles. The molecule has 0 radical (unpaired) electrons. The molecule has 4 rings (SSSR count). The van der Waals surface area contributed by atoms with Crippen LogP contribution in [-0.2, 0) is 0 Å². The lowest BCUT2D eigenvalue weighted by molar-refractivity contribution is 1.35. The van der Waals surface area contributed by atoms with Crippen LogP contribution < -0.4 is 0 Å². The van der Waals surface area contributed by atoms with Gasteiger partial charge in [0, 0.05) is 22.5 Å². The second-order valence-corrected chi connectivity index (χ2v) is 5.32. The lowest BCUT2D eigenvalue weighted by Gasteiger charge is -2.06. The topological polar surface area (TPSA) is 25.8 Å². The number of halogens is 1. The highest BCUT2D eigenvalue weighted by molar-refractivity contribution is 6.30. The van der Waals surface area contributed by atoms with E-state index in [0.717, 1.165) is 32.9 Å². The van der Waals surface area contributed by atoms with E-state index in [1.165, 1.54) is 0 Å². The zero-order valence-electron chi connectivity index (χ0n) is 11.1. The van der Waals surface area contributed by atoms with Gasteiger partial charge in [0.15, 0.2) is 0 Å². The van der Waals surface area contributed by atoms with Gasteiger partial charge in [-0.05, 0) is 17.5 Å². The first-order valence-electron chi connectivity index (χ1n) is 6.72. The highest BCUT2D eigenvalue weighted by atomic mass is 35.5. The monoisotopic (exact) mass is 290 g/mol. The molecule has 0 spiro atoms. The van der Waals surface area contributed by atoms with Gasteiger partial charge in [-0.3, -0.25) is 0 Å². The Balaban J connectivity index is 2.03. The summed E-state index contributed by atoms with van der Waals surface area (Å²) in [6.07, 6.45) is 1.79. The van der Waals surface area contributed by atoms with Crippen molar-refractivity contribution < 1.29 is 0 Å². The molecule has 0 atom stereocenters. The van der Waals surface area contributed by atoms with E-state index < -0.39 is 0 Å². The van der Waals surface area contributed by atoms with Gasteiger partial charge < -0.3 is 0 Å². The molecule has 0 unspecified atom stereocenters. The molecule has 0 fully saturated rings. The van der Waals surface area contributed by atoms with Gasteiger partial charge in [0.05, 0.1) is 11.2 Å². The molecule has 4 aromatic rings. The minimum atomic E-state index is 0.501. The number of rotatable bonds is 1. The van der Waals surface area contributed by atoms with Gasteiger partial charge in [-0.2, -0.15) is 0 Å². The van der Waals surface area contributed by atoms with E-state index in [1.54, 1.807) is 6.20 Å². The van der Waals surface area contributed by atoms with Crippen LogP contribution in [0.3, 0.4) is 0 Å². The van der Waals surface area contributed by atoms with Gasteiger partial charge in [-0.25, -0.2) is 9.97 Å². The van der Waals surface area contributed by atoms with Gasteiger partial charge >= 0.3 is 0 Å². The van der Waals surface area contributed by atoms with Gasteiger partial charge in [0.1, 0.15) is 5.15 Å². The largest absolute Gasteiger partial charge is 0.247 e. The van der Waals surface area contributed by atoms with Crippen LogP contribution in [0.2, 0.25) is 5.15 Å². The third-order valence-electron chi connectivity index (χ3n) is 3.60. The Kier molecular flexibility index (Phi) is 2.83. The maximum absolute atomic E-state index is 5.97. The minimum absolute atomic E-state index is 0.501. The standard InChI is InChI=1S/C18H11ClN2/c19-17-10-14-7-6-13-8-9-16(12-4-2-1-3-5-12)21-18(13)15(14)11-20-17/h1-11H. The summed E-state index contributed by atoms with van der Waals surface area (Å²) in [4.78, 5) is 9.01. The summed E-state index contributed by atoms with van der Waals surface area (Å²) in [7, 11) is 0. The SMILES string of the molecule is Clc1cc2ccc3ccc(-c4ccccc4)nc3c2cn1. The highest BCUT2D eigenvalue weighted by Gasteiger charge is 2.06. The van der Waals surface area contributed by atoms with Gasteiger partial charge in [-0.1, -0.05) is 60.1 Å². The maximum Gasteiger partial charge on any atom is 0.129 e. The molecule has 2 aromatic heterocycles. The highest BCUT2D eigenvalue weighted by Crippen LogP contribution is 2.27. The van der Waals surface area contributed by atoms with Crippen molar-refractivity contribution >= 4 is 33.3 Å². The van der Waals surface area contributed by atoms with Gasteiger partial charge in [0.25, 0.3) is 0 Å². The van der Waals surface area contributed by atoms with Crippen molar-refractivity contribution in [3.8, 4) is 11.3 Å². The second kappa shape index (κ2) is 4.83. The van der Waals surface area contributed by atoms with E-state index >= 15 is 0 Å². The fraction of sp³-hybridized carbons (Fsp3) is 0. The second-order valence-electron chi connectivity index (χ2n) is 4.93. The molecule has 0 aliphatic heterocycles. The summed E-state index contributed by atoms with van der Waals surface area (Å²) in [5.41, 5.74) is 3.03. The van der Waals surface area contributed by atoms with Crippen LogP contribution in [0.4, 0.5) is 0 Å². The molecule has 21 heavy (non-hydrogen) atoms. The quantitative estimate of drug-likeness (QED) is 0.360. The molecule has 0 amide bonds. The number of pyridine rings is 2. The first kappa shape index (κ1) is 12.3. The van der Waals surface area contributed by atoms with Crippen LogP contribution in [0.5, 0.6) is 0 Å². The Morgan fingerprint density at radius 2 is 1.57 bits per heavy atom. The Hall–Kier alpha value is -2.45. The summed E-state index contributed by atoms with van der Waals surface area (Å²) in [5, 5.41) is 3.68. The summed E-state index contributed by atoms with van der Waals surface area (Å²) < 4.78 is 0. The van der Waals surface area contributed by atoms with E-state index in [1.807, 2.05) is 30.3 Å². The number of nitrogens with zero attached hydrogens (tertiary/aromatic N) is 2. The number of aromatic nitrogens is 2. The fourth-order valence-electron chi connectivity index (χ4n) is 2.55. The third-order valence-corrected chi connectivity index (χ3v) is 3.80. The lowest BCUT2D eigenvalue weighted by Crippen LogP contribution is -1.87. The van der Waals surface area contributed by atoms with E-state index in [9.17, 15) is 0 Å². The van der Waals surface area contributed by atoms with E-state index in [0.29, 0.717) is 5.15 Å². The molecule has 2 heterocycles. The number of hydrogen-bond acceptors (Lipinski definition) is 2. The van der Waals surface area contributed by atoms with E-state index in [-0.39, 0.29) is 0 Å². The lowest BCUT2D eigenvalue weighted by atomic mass is 10.1. The third kappa shape index (κ3) is 2.14. The minimum Gasteiger partial charge on any atom is -0.247 e. The van der Waals surface area contributed by atoms with Crippen molar-refractivity contribution in [1.29, 1.82) is 0 Å².